The molecule has 0 aliphatic heterocycles. The zero-order chi connectivity index (χ0) is 19.4. The summed E-state index contributed by atoms with van der Waals surface area (Å²) in [4.78, 5) is 0. The van der Waals surface area contributed by atoms with Crippen molar-refractivity contribution in [2.24, 2.45) is 5.10 Å². The number of anilines is 1. The molecule has 0 unspecified atom stereocenters. The zero-order valence-electron chi connectivity index (χ0n) is 13.5. The van der Waals surface area contributed by atoms with Crippen LogP contribution in [-0.4, -0.2) is 16.4 Å². The molecule has 1 N–H and O–H groups in total. The maximum absolute atomic E-state index is 12.8. The van der Waals surface area contributed by atoms with Crippen LogP contribution in [0.15, 0.2) is 47.6 Å². The minimum atomic E-state index is -4.37. The van der Waals surface area contributed by atoms with Crippen LogP contribution in [0, 0.1) is 0 Å². The summed E-state index contributed by atoms with van der Waals surface area (Å²) in [6.45, 7) is 0. The van der Waals surface area contributed by atoms with Gasteiger partial charge in [0, 0.05) is 6.42 Å². The van der Waals surface area contributed by atoms with Gasteiger partial charge in [0.05, 0.1) is 21.8 Å². The number of aromatic nitrogens is 2. The molecule has 27 heavy (non-hydrogen) atoms. The van der Waals surface area contributed by atoms with E-state index in [1.54, 1.807) is 24.3 Å². The van der Waals surface area contributed by atoms with Gasteiger partial charge in [-0.1, -0.05) is 58.8 Å². The normalized spacial score (nSPS) is 11.9. The Labute approximate surface area is 166 Å². The Bertz CT molecular complexity index is 973. The summed E-state index contributed by atoms with van der Waals surface area (Å²) in [6.07, 6.45) is -2.58. The Hall–Kier alpha value is -2.16. The van der Waals surface area contributed by atoms with Gasteiger partial charge in [-0.2, -0.15) is 18.3 Å². The summed E-state index contributed by atoms with van der Waals surface area (Å²) >= 11 is 13.0. The number of hydrogen-bond acceptors (Lipinski definition) is 5. The van der Waals surface area contributed by atoms with E-state index in [9.17, 15) is 13.2 Å². The highest BCUT2D eigenvalue weighted by atomic mass is 35.5. The summed E-state index contributed by atoms with van der Waals surface area (Å²) in [5, 5.41) is 13.8. The van der Waals surface area contributed by atoms with E-state index in [2.05, 4.69) is 20.7 Å². The molecular formula is C17H11Cl2F3N4S. The Morgan fingerprint density at radius 3 is 2.63 bits per heavy atom. The first-order valence-electron chi connectivity index (χ1n) is 7.54. The topological polar surface area (TPSA) is 50.2 Å². The molecule has 0 aliphatic carbocycles. The van der Waals surface area contributed by atoms with Gasteiger partial charge >= 0.3 is 6.18 Å². The van der Waals surface area contributed by atoms with Crippen LogP contribution in [0.4, 0.5) is 18.3 Å². The highest BCUT2D eigenvalue weighted by Gasteiger charge is 2.30. The Kier molecular flexibility index (Phi) is 5.98. The molecule has 2 aromatic carbocycles. The zero-order valence-corrected chi connectivity index (χ0v) is 15.8. The molecular weight excluding hydrogens is 420 g/mol. The van der Waals surface area contributed by atoms with Crippen LogP contribution < -0.4 is 5.43 Å². The summed E-state index contributed by atoms with van der Waals surface area (Å²) in [7, 11) is 0. The second kappa shape index (κ2) is 8.24. The smallest absolute Gasteiger partial charge is 0.251 e. The molecule has 4 nitrogen and oxygen atoms in total. The molecule has 3 rings (SSSR count). The Morgan fingerprint density at radius 1 is 1.07 bits per heavy atom. The average Bonchev–Trinajstić information content (AvgIpc) is 3.05. The molecule has 0 amide bonds. The van der Waals surface area contributed by atoms with Gasteiger partial charge in [-0.3, -0.25) is 5.43 Å². The molecule has 0 fully saturated rings. The van der Waals surface area contributed by atoms with Gasteiger partial charge in [-0.15, -0.1) is 10.2 Å². The quantitative estimate of drug-likeness (QED) is 0.404. The number of nitrogens with one attached hydrogen (secondary N) is 1. The third kappa shape index (κ3) is 5.41. The van der Waals surface area contributed by atoms with Crippen LogP contribution in [0.3, 0.4) is 0 Å². The highest BCUT2D eigenvalue weighted by molar-refractivity contribution is 7.15. The fourth-order valence-corrected chi connectivity index (χ4v) is 3.19. The second-order valence-electron chi connectivity index (χ2n) is 5.42. The van der Waals surface area contributed by atoms with Gasteiger partial charge in [0.15, 0.2) is 0 Å². The molecule has 0 saturated heterocycles. The van der Waals surface area contributed by atoms with E-state index in [1.807, 2.05) is 0 Å². The molecule has 0 spiro atoms. The summed E-state index contributed by atoms with van der Waals surface area (Å²) < 4.78 is 38.3. The van der Waals surface area contributed by atoms with E-state index in [1.165, 1.54) is 23.6 Å². The highest BCUT2D eigenvalue weighted by Crippen LogP contribution is 2.30. The molecule has 3 aromatic rings. The van der Waals surface area contributed by atoms with Crippen LogP contribution in [0.25, 0.3) is 0 Å². The predicted octanol–water partition coefficient (Wildman–Crippen LogP) is 5.90. The number of halogens is 5. The number of benzene rings is 2. The van der Waals surface area contributed by atoms with Crippen molar-refractivity contribution in [1.29, 1.82) is 0 Å². The standard InChI is InChI=1S/C17H11Cl2F3N4S/c18-13-5-4-11(7-14(13)19)9-23-25-16-26-24-15(27-16)8-10-2-1-3-12(6-10)17(20,21)22/h1-7,9H,8H2,(H,25,26)/b23-9+. The van der Waals surface area contributed by atoms with Crippen molar-refractivity contribution in [2.75, 3.05) is 5.43 Å². The first-order chi connectivity index (χ1) is 12.8. The molecule has 0 atom stereocenters. The van der Waals surface area contributed by atoms with Gasteiger partial charge in [-0.05, 0) is 29.3 Å². The molecule has 0 bridgehead atoms. The third-order valence-electron chi connectivity index (χ3n) is 3.39. The van der Waals surface area contributed by atoms with Gasteiger partial charge in [0.25, 0.3) is 0 Å². The number of alkyl halides is 3. The molecule has 1 heterocycles. The molecule has 1 aromatic heterocycles. The van der Waals surface area contributed by atoms with Crippen LogP contribution in [0.1, 0.15) is 21.7 Å². The molecule has 0 saturated carbocycles. The number of rotatable bonds is 5. The lowest BCUT2D eigenvalue weighted by Crippen LogP contribution is -2.05. The van der Waals surface area contributed by atoms with Gasteiger partial charge in [0.1, 0.15) is 5.01 Å². The van der Waals surface area contributed by atoms with Gasteiger partial charge in [0.2, 0.25) is 5.13 Å². The first-order valence-corrected chi connectivity index (χ1v) is 9.11. The minimum Gasteiger partial charge on any atom is -0.251 e. The monoisotopic (exact) mass is 430 g/mol. The second-order valence-corrected chi connectivity index (χ2v) is 7.30. The molecule has 10 heteroatoms. The lowest BCUT2D eigenvalue weighted by Gasteiger charge is -2.07. The van der Waals surface area contributed by atoms with E-state index >= 15 is 0 Å². The number of hydrogen-bond donors (Lipinski definition) is 1. The minimum absolute atomic E-state index is 0.250. The maximum atomic E-state index is 12.8. The Morgan fingerprint density at radius 2 is 1.89 bits per heavy atom. The van der Waals surface area contributed by atoms with Crippen molar-refractivity contribution in [2.45, 2.75) is 12.6 Å². The van der Waals surface area contributed by atoms with E-state index in [0.29, 0.717) is 25.7 Å². The summed E-state index contributed by atoms with van der Waals surface area (Å²) in [5.74, 6) is 0. The lowest BCUT2D eigenvalue weighted by atomic mass is 10.1. The van der Waals surface area contributed by atoms with Crippen molar-refractivity contribution in [3.8, 4) is 0 Å². The van der Waals surface area contributed by atoms with Crippen LogP contribution >= 0.6 is 34.5 Å². The first kappa shape index (κ1) is 19.6. The van der Waals surface area contributed by atoms with Crippen molar-refractivity contribution in [3.05, 3.63) is 74.2 Å². The van der Waals surface area contributed by atoms with Crippen molar-refractivity contribution >= 4 is 45.9 Å². The van der Waals surface area contributed by atoms with E-state index < -0.39 is 11.7 Å². The van der Waals surface area contributed by atoms with E-state index in [-0.39, 0.29) is 6.42 Å². The molecule has 0 radical (unpaired) electrons. The SMILES string of the molecule is FC(F)(F)c1cccc(Cc2nnc(N/N=C/c3ccc(Cl)c(Cl)c3)s2)c1. The fourth-order valence-electron chi connectivity index (χ4n) is 2.16. The van der Waals surface area contributed by atoms with Crippen LogP contribution in [0.2, 0.25) is 10.0 Å². The fraction of sp³-hybridized carbons (Fsp3) is 0.118. The van der Waals surface area contributed by atoms with E-state index in [0.717, 1.165) is 17.7 Å². The molecule has 140 valence electrons. The Balaban J connectivity index is 1.63. The van der Waals surface area contributed by atoms with Crippen LogP contribution in [0.5, 0.6) is 0 Å². The van der Waals surface area contributed by atoms with Crippen molar-refractivity contribution in [1.82, 2.24) is 10.2 Å². The van der Waals surface area contributed by atoms with Crippen molar-refractivity contribution < 1.29 is 13.2 Å². The lowest BCUT2D eigenvalue weighted by molar-refractivity contribution is -0.137. The van der Waals surface area contributed by atoms with Crippen LogP contribution in [-0.2, 0) is 12.6 Å². The largest absolute Gasteiger partial charge is 0.416 e. The number of hydrazone groups is 1. The summed E-state index contributed by atoms with van der Waals surface area (Å²) in [5.41, 5.74) is 3.29. The molecule has 0 aliphatic rings. The maximum Gasteiger partial charge on any atom is 0.416 e. The van der Waals surface area contributed by atoms with Gasteiger partial charge < -0.3 is 0 Å². The predicted molar refractivity (Wildman–Crippen MR) is 102 cm³/mol. The van der Waals surface area contributed by atoms with E-state index in [4.69, 9.17) is 23.2 Å². The van der Waals surface area contributed by atoms with Crippen molar-refractivity contribution in [3.63, 3.8) is 0 Å². The van der Waals surface area contributed by atoms with Gasteiger partial charge in [-0.25, -0.2) is 0 Å². The third-order valence-corrected chi connectivity index (χ3v) is 4.96. The summed E-state index contributed by atoms with van der Waals surface area (Å²) in [6, 6.07) is 10.2. The number of nitrogens with zero attached hydrogens (tertiary/aromatic N) is 3. The average molecular weight is 431 g/mol.